The van der Waals surface area contributed by atoms with Gasteiger partial charge in [0.2, 0.25) is 5.91 Å². The van der Waals surface area contributed by atoms with Gasteiger partial charge in [0, 0.05) is 29.3 Å². The quantitative estimate of drug-likeness (QED) is 0.894. The third kappa shape index (κ3) is 3.48. The first-order valence-electron chi connectivity index (χ1n) is 6.60. The molecule has 0 radical (unpaired) electrons. The van der Waals surface area contributed by atoms with Crippen LogP contribution in [-0.2, 0) is 4.79 Å². The van der Waals surface area contributed by atoms with Gasteiger partial charge in [-0.2, -0.15) is 0 Å². The number of carbonyl (C=O) groups excluding carboxylic acids is 1. The minimum absolute atomic E-state index is 0.0977. The van der Waals surface area contributed by atoms with Crippen LogP contribution in [0.4, 0.5) is 5.69 Å². The number of benzene rings is 1. The van der Waals surface area contributed by atoms with Crippen LogP contribution in [0.2, 0.25) is 0 Å². The molecule has 0 bridgehead atoms. The lowest BCUT2D eigenvalue weighted by Gasteiger charge is -2.27. The van der Waals surface area contributed by atoms with Crippen molar-refractivity contribution in [3.63, 3.8) is 0 Å². The molecule has 1 saturated heterocycles. The molecule has 1 aliphatic heterocycles. The third-order valence-electron chi connectivity index (χ3n) is 3.49. The maximum absolute atomic E-state index is 11.7. The second-order valence-corrected chi connectivity index (χ2v) is 5.75. The van der Waals surface area contributed by atoms with Crippen molar-refractivity contribution < 1.29 is 4.79 Å². The first-order chi connectivity index (χ1) is 9.11. The molecule has 2 rings (SSSR count). The Morgan fingerprint density at radius 3 is 3.00 bits per heavy atom. The maximum atomic E-state index is 11.7. The Balaban J connectivity index is 2.35. The van der Waals surface area contributed by atoms with Crippen molar-refractivity contribution in [2.24, 2.45) is 0 Å². The standard InChI is InChI=1S/C14H20BrN3O/c1-10(16-2)12-5-4-11(15)8-13(12)18-7-3-6-17-14(19)9-18/h4-5,8,10,16H,3,6-7,9H2,1-2H3,(H,17,19). The molecule has 1 aromatic rings. The molecule has 5 heteroatoms. The van der Waals surface area contributed by atoms with Crippen LogP contribution in [0.5, 0.6) is 0 Å². The topological polar surface area (TPSA) is 44.4 Å². The fraction of sp³-hybridized carbons (Fsp3) is 0.500. The summed E-state index contributed by atoms with van der Waals surface area (Å²) in [4.78, 5) is 13.9. The zero-order valence-electron chi connectivity index (χ0n) is 11.4. The second kappa shape index (κ2) is 6.39. The lowest BCUT2D eigenvalue weighted by molar-refractivity contribution is -0.119. The van der Waals surface area contributed by atoms with E-state index in [1.807, 2.05) is 13.1 Å². The summed E-state index contributed by atoms with van der Waals surface area (Å²) in [6.45, 7) is 4.23. The van der Waals surface area contributed by atoms with E-state index in [0.29, 0.717) is 6.54 Å². The number of nitrogens with zero attached hydrogens (tertiary/aromatic N) is 1. The molecule has 1 atom stereocenters. The summed E-state index contributed by atoms with van der Waals surface area (Å²) >= 11 is 3.52. The highest BCUT2D eigenvalue weighted by molar-refractivity contribution is 9.10. The zero-order chi connectivity index (χ0) is 13.8. The Morgan fingerprint density at radius 2 is 2.26 bits per heavy atom. The van der Waals surface area contributed by atoms with E-state index in [1.54, 1.807) is 0 Å². The molecule has 19 heavy (non-hydrogen) atoms. The van der Waals surface area contributed by atoms with Crippen LogP contribution in [0.25, 0.3) is 0 Å². The van der Waals surface area contributed by atoms with E-state index in [2.05, 4.69) is 50.5 Å². The Bertz CT molecular complexity index is 464. The van der Waals surface area contributed by atoms with Gasteiger partial charge in [0.25, 0.3) is 0 Å². The largest absolute Gasteiger partial charge is 0.362 e. The van der Waals surface area contributed by atoms with Gasteiger partial charge >= 0.3 is 0 Å². The highest BCUT2D eigenvalue weighted by Gasteiger charge is 2.19. The Morgan fingerprint density at radius 1 is 1.47 bits per heavy atom. The minimum atomic E-state index is 0.0977. The number of hydrogen-bond acceptors (Lipinski definition) is 3. The first kappa shape index (κ1) is 14.3. The van der Waals surface area contributed by atoms with E-state index in [-0.39, 0.29) is 11.9 Å². The normalized spacial score (nSPS) is 17.8. The molecule has 1 fully saturated rings. The van der Waals surface area contributed by atoms with Crippen molar-refractivity contribution in [1.82, 2.24) is 10.6 Å². The van der Waals surface area contributed by atoms with Crippen molar-refractivity contribution in [3.8, 4) is 0 Å². The molecule has 0 saturated carbocycles. The van der Waals surface area contributed by atoms with Crippen LogP contribution >= 0.6 is 15.9 Å². The molecule has 2 N–H and O–H groups in total. The minimum Gasteiger partial charge on any atom is -0.362 e. The van der Waals surface area contributed by atoms with Gasteiger partial charge < -0.3 is 15.5 Å². The van der Waals surface area contributed by atoms with Gasteiger partial charge in [-0.3, -0.25) is 4.79 Å². The van der Waals surface area contributed by atoms with Crippen LogP contribution in [0.15, 0.2) is 22.7 Å². The molecule has 104 valence electrons. The van der Waals surface area contributed by atoms with Crippen LogP contribution in [0.3, 0.4) is 0 Å². The SMILES string of the molecule is CNC(C)c1ccc(Br)cc1N1CCCNC(=O)C1. The van der Waals surface area contributed by atoms with Gasteiger partial charge in [-0.1, -0.05) is 22.0 Å². The van der Waals surface area contributed by atoms with Gasteiger partial charge in [-0.25, -0.2) is 0 Å². The maximum Gasteiger partial charge on any atom is 0.239 e. The fourth-order valence-corrected chi connectivity index (χ4v) is 2.67. The molecule has 0 spiro atoms. The van der Waals surface area contributed by atoms with Gasteiger partial charge in [0.05, 0.1) is 6.54 Å². The molecule has 0 aromatic heterocycles. The lowest BCUT2D eigenvalue weighted by atomic mass is 10.0. The fourth-order valence-electron chi connectivity index (χ4n) is 2.32. The molecule has 1 aliphatic rings. The summed E-state index contributed by atoms with van der Waals surface area (Å²) in [5, 5.41) is 6.18. The average molecular weight is 326 g/mol. The van der Waals surface area contributed by atoms with Gasteiger partial charge in [0.1, 0.15) is 0 Å². The number of halogens is 1. The number of amides is 1. The Hall–Kier alpha value is -1.07. The van der Waals surface area contributed by atoms with Gasteiger partial charge in [0.15, 0.2) is 0 Å². The second-order valence-electron chi connectivity index (χ2n) is 4.84. The van der Waals surface area contributed by atoms with E-state index in [1.165, 1.54) is 5.56 Å². The molecule has 4 nitrogen and oxygen atoms in total. The Labute approximate surface area is 122 Å². The van der Waals surface area contributed by atoms with Crippen LogP contribution in [0, 0.1) is 0 Å². The number of carbonyl (C=O) groups is 1. The molecule has 1 aromatic carbocycles. The van der Waals surface area contributed by atoms with E-state index < -0.39 is 0 Å². The molecular weight excluding hydrogens is 306 g/mol. The summed E-state index contributed by atoms with van der Waals surface area (Å²) in [6, 6.07) is 6.52. The van der Waals surface area contributed by atoms with E-state index in [0.717, 1.165) is 29.7 Å². The summed E-state index contributed by atoms with van der Waals surface area (Å²) < 4.78 is 1.04. The lowest BCUT2D eigenvalue weighted by Crippen LogP contribution is -2.34. The predicted molar refractivity (Wildman–Crippen MR) is 81.5 cm³/mol. The van der Waals surface area contributed by atoms with Gasteiger partial charge in [-0.15, -0.1) is 0 Å². The van der Waals surface area contributed by atoms with Crippen molar-refractivity contribution in [3.05, 3.63) is 28.2 Å². The highest BCUT2D eigenvalue weighted by Crippen LogP contribution is 2.30. The summed E-state index contributed by atoms with van der Waals surface area (Å²) in [5.41, 5.74) is 2.36. The smallest absolute Gasteiger partial charge is 0.239 e. The van der Waals surface area contributed by atoms with Crippen LogP contribution < -0.4 is 15.5 Å². The van der Waals surface area contributed by atoms with Gasteiger partial charge in [-0.05, 0) is 38.1 Å². The summed E-state index contributed by atoms with van der Waals surface area (Å²) in [5.74, 6) is 0.0977. The van der Waals surface area contributed by atoms with Crippen molar-refractivity contribution >= 4 is 27.5 Å². The highest BCUT2D eigenvalue weighted by atomic mass is 79.9. The van der Waals surface area contributed by atoms with Crippen LogP contribution in [0.1, 0.15) is 24.9 Å². The van der Waals surface area contributed by atoms with Crippen molar-refractivity contribution in [1.29, 1.82) is 0 Å². The average Bonchev–Trinajstić information content (AvgIpc) is 2.62. The van der Waals surface area contributed by atoms with E-state index >= 15 is 0 Å². The molecule has 1 amide bonds. The van der Waals surface area contributed by atoms with Crippen LogP contribution in [-0.4, -0.2) is 32.6 Å². The molecular formula is C14H20BrN3O. The zero-order valence-corrected chi connectivity index (χ0v) is 13.0. The molecule has 1 heterocycles. The number of rotatable bonds is 3. The summed E-state index contributed by atoms with van der Waals surface area (Å²) in [6.07, 6.45) is 0.978. The number of anilines is 1. The van der Waals surface area contributed by atoms with E-state index in [4.69, 9.17) is 0 Å². The third-order valence-corrected chi connectivity index (χ3v) is 3.99. The molecule has 0 aliphatic carbocycles. The number of nitrogens with one attached hydrogen (secondary N) is 2. The first-order valence-corrected chi connectivity index (χ1v) is 7.39. The molecule has 1 unspecified atom stereocenters. The number of hydrogen-bond donors (Lipinski definition) is 2. The Kier molecular flexibility index (Phi) is 4.82. The summed E-state index contributed by atoms with van der Waals surface area (Å²) in [7, 11) is 1.95. The van der Waals surface area contributed by atoms with Crippen molar-refractivity contribution in [2.75, 3.05) is 31.6 Å². The predicted octanol–water partition coefficient (Wildman–Crippen LogP) is 2.06. The van der Waals surface area contributed by atoms with Crippen molar-refractivity contribution in [2.45, 2.75) is 19.4 Å². The monoisotopic (exact) mass is 325 g/mol. The van der Waals surface area contributed by atoms with E-state index in [9.17, 15) is 4.79 Å².